The first-order valence-electron chi connectivity index (χ1n) is 12.7. The zero-order chi connectivity index (χ0) is 29.6. The fourth-order valence-corrected chi connectivity index (χ4v) is 5.70. The first-order valence-corrected chi connectivity index (χ1v) is 14.2. The van der Waals surface area contributed by atoms with Gasteiger partial charge in [0.2, 0.25) is 5.88 Å². The Balaban J connectivity index is 1.47. The summed E-state index contributed by atoms with van der Waals surface area (Å²) >= 11 is 0. The molecule has 0 saturated carbocycles. The van der Waals surface area contributed by atoms with Crippen molar-refractivity contribution >= 4 is 45.1 Å². The lowest BCUT2D eigenvalue weighted by Crippen LogP contribution is -2.50. The zero-order valence-corrected chi connectivity index (χ0v) is 23.8. The van der Waals surface area contributed by atoms with Gasteiger partial charge in [0.15, 0.2) is 0 Å². The molecular weight excluding hydrogens is 546 g/mol. The Morgan fingerprint density at radius 2 is 1.76 bits per heavy atom. The second-order valence-corrected chi connectivity index (χ2v) is 10.7. The highest BCUT2D eigenvalue weighted by molar-refractivity contribution is 7.93. The molecule has 1 aromatic heterocycles. The number of pyridine rings is 1. The van der Waals surface area contributed by atoms with Gasteiger partial charge < -0.3 is 19.3 Å². The standard InChI is InChI=1S/C29H31N5O6S/c1-5-20(19-26(30-2)40-4)28(35)33-14-16-34(17-15-33)29(36)22-11-12-23(24(18-22)39-3)32-41(37,38)25-10-6-8-21-9-7-13-31-27(21)25/h5-13,18-19,32H,2,14-17H2,1,3-4H3/b20-5+,26-19+. The third kappa shape index (κ3) is 6.38. The number of fused-ring (bicyclic) bond motifs is 1. The maximum atomic E-state index is 13.3. The van der Waals surface area contributed by atoms with Gasteiger partial charge >= 0.3 is 0 Å². The first-order chi connectivity index (χ1) is 19.7. The van der Waals surface area contributed by atoms with Gasteiger partial charge in [-0.3, -0.25) is 19.3 Å². The zero-order valence-electron chi connectivity index (χ0n) is 23.0. The lowest BCUT2D eigenvalue weighted by Gasteiger charge is -2.35. The smallest absolute Gasteiger partial charge is 0.264 e. The van der Waals surface area contributed by atoms with E-state index in [1.807, 2.05) is 0 Å². The van der Waals surface area contributed by atoms with E-state index >= 15 is 0 Å². The number of carbonyl (C=O) groups is 2. The number of para-hydroxylation sites is 1. The number of aromatic nitrogens is 1. The van der Waals surface area contributed by atoms with Gasteiger partial charge in [-0.15, -0.1) is 0 Å². The fraction of sp³-hybridized carbons (Fsp3) is 0.241. The molecule has 2 aromatic carbocycles. The van der Waals surface area contributed by atoms with E-state index in [-0.39, 0.29) is 34.0 Å². The Morgan fingerprint density at radius 3 is 2.41 bits per heavy atom. The summed E-state index contributed by atoms with van der Waals surface area (Å²) in [6.45, 7) is 6.50. The number of nitrogens with zero attached hydrogens (tertiary/aromatic N) is 4. The van der Waals surface area contributed by atoms with E-state index in [9.17, 15) is 18.0 Å². The predicted molar refractivity (Wildman–Crippen MR) is 156 cm³/mol. The number of carbonyl (C=O) groups excluding carboxylic acids is 2. The minimum absolute atomic E-state index is 0.0287. The first kappa shape index (κ1) is 29.3. The maximum absolute atomic E-state index is 13.3. The molecule has 1 aliphatic heterocycles. The van der Waals surface area contributed by atoms with Crippen LogP contribution >= 0.6 is 0 Å². The molecule has 4 rings (SSSR count). The molecule has 3 aromatic rings. The average Bonchev–Trinajstić information content (AvgIpc) is 3.01. The number of benzene rings is 2. The second-order valence-electron chi connectivity index (χ2n) is 9.03. The third-order valence-electron chi connectivity index (χ3n) is 6.63. The highest BCUT2D eigenvalue weighted by Crippen LogP contribution is 2.30. The molecule has 0 spiro atoms. The summed E-state index contributed by atoms with van der Waals surface area (Å²) in [6, 6.07) is 13.0. The van der Waals surface area contributed by atoms with E-state index < -0.39 is 10.0 Å². The number of sulfonamides is 1. The largest absolute Gasteiger partial charge is 0.495 e. The van der Waals surface area contributed by atoms with Crippen LogP contribution in [0.25, 0.3) is 10.9 Å². The van der Waals surface area contributed by atoms with Crippen molar-refractivity contribution < 1.29 is 27.5 Å². The Hall–Kier alpha value is -4.71. The average molecular weight is 578 g/mol. The number of ether oxygens (including phenoxy) is 2. The number of hydrogen-bond acceptors (Lipinski definition) is 8. The number of anilines is 1. The van der Waals surface area contributed by atoms with Gasteiger partial charge in [-0.2, -0.15) is 0 Å². The molecule has 41 heavy (non-hydrogen) atoms. The van der Waals surface area contributed by atoms with E-state index in [2.05, 4.69) is 21.4 Å². The molecule has 0 unspecified atom stereocenters. The second kappa shape index (κ2) is 12.6. The van der Waals surface area contributed by atoms with Gasteiger partial charge in [-0.1, -0.05) is 24.3 Å². The van der Waals surface area contributed by atoms with Crippen LogP contribution in [0.2, 0.25) is 0 Å². The van der Waals surface area contributed by atoms with Crippen molar-refractivity contribution in [3.63, 3.8) is 0 Å². The van der Waals surface area contributed by atoms with Gasteiger partial charge in [-0.05, 0) is 44.0 Å². The van der Waals surface area contributed by atoms with E-state index in [4.69, 9.17) is 9.47 Å². The normalized spacial score (nSPS) is 14.5. The summed E-state index contributed by atoms with van der Waals surface area (Å²) in [4.78, 5) is 37.5. The summed E-state index contributed by atoms with van der Waals surface area (Å²) in [6.07, 6.45) is 4.72. The van der Waals surface area contributed by atoms with E-state index in [1.165, 1.54) is 44.7 Å². The van der Waals surface area contributed by atoms with Gasteiger partial charge in [0.05, 0.1) is 25.4 Å². The molecule has 214 valence electrons. The van der Waals surface area contributed by atoms with E-state index in [0.29, 0.717) is 48.2 Å². The van der Waals surface area contributed by atoms with Gasteiger partial charge in [0.1, 0.15) is 10.6 Å². The Kier molecular flexibility index (Phi) is 9.03. The topological polar surface area (TPSA) is 130 Å². The van der Waals surface area contributed by atoms with Crippen molar-refractivity contribution in [3.05, 3.63) is 83.9 Å². The van der Waals surface area contributed by atoms with Gasteiger partial charge in [0.25, 0.3) is 21.8 Å². The van der Waals surface area contributed by atoms with Crippen LogP contribution in [0.4, 0.5) is 5.69 Å². The summed E-state index contributed by atoms with van der Waals surface area (Å²) in [7, 11) is -1.17. The minimum atomic E-state index is -4.01. The highest BCUT2D eigenvalue weighted by atomic mass is 32.2. The number of rotatable bonds is 9. The minimum Gasteiger partial charge on any atom is -0.495 e. The number of amides is 2. The molecule has 1 fully saturated rings. The summed E-state index contributed by atoms with van der Waals surface area (Å²) in [5.74, 6) is -0.0336. The van der Waals surface area contributed by atoms with Gasteiger partial charge in [0, 0.05) is 55.0 Å². The molecule has 2 amide bonds. The molecule has 1 N–H and O–H groups in total. The van der Waals surface area contributed by atoms with Crippen molar-refractivity contribution in [2.45, 2.75) is 11.8 Å². The predicted octanol–water partition coefficient (Wildman–Crippen LogP) is 3.46. The Labute approximate surface area is 238 Å². The number of nitrogens with one attached hydrogen (secondary N) is 1. The van der Waals surface area contributed by atoms with Gasteiger partial charge in [-0.25, -0.2) is 13.4 Å². The van der Waals surface area contributed by atoms with Crippen LogP contribution in [0.3, 0.4) is 0 Å². The van der Waals surface area contributed by atoms with Crippen LogP contribution in [0.1, 0.15) is 17.3 Å². The maximum Gasteiger partial charge on any atom is 0.264 e. The summed E-state index contributed by atoms with van der Waals surface area (Å²) < 4.78 is 39.6. The molecular formula is C29H31N5O6S. The molecule has 0 atom stereocenters. The van der Waals surface area contributed by atoms with Crippen LogP contribution < -0.4 is 9.46 Å². The number of piperazine rings is 1. The molecule has 0 bridgehead atoms. The number of methoxy groups -OCH3 is 2. The molecule has 0 aliphatic carbocycles. The fourth-order valence-electron chi connectivity index (χ4n) is 4.45. The number of hydrogen-bond donors (Lipinski definition) is 1. The third-order valence-corrected chi connectivity index (χ3v) is 8.03. The van der Waals surface area contributed by atoms with Crippen molar-refractivity contribution in [2.24, 2.45) is 4.99 Å². The quantitative estimate of drug-likeness (QED) is 0.178. The summed E-state index contributed by atoms with van der Waals surface area (Å²) in [5.41, 5.74) is 1.27. The number of aliphatic imine (C=N–C) groups is 1. The monoisotopic (exact) mass is 577 g/mol. The molecule has 1 aliphatic rings. The van der Waals surface area contributed by atoms with Crippen molar-refractivity contribution in [1.82, 2.24) is 14.8 Å². The molecule has 0 radical (unpaired) electrons. The number of allylic oxidation sites excluding steroid dienone is 1. The molecule has 12 heteroatoms. The lowest BCUT2D eigenvalue weighted by atomic mass is 10.1. The van der Waals surface area contributed by atoms with Crippen molar-refractivity contribution in [2.75, 3.05) is 45.1 Å². The van der Waals surface area contributed by atoms with Crippen LogP contribution in [0.5, 0.6) is 5.75 Å². The molecule has 11 nitrogen and oxygen atoms in total. The van der Waals surface area contributed by atoms with Crippen molar-refractivity contribution in [3.8, 4) is 5.75 Å². The molecule has 1 saturated heterocycles. The molecule has 2 heterocycles. The highest BCUT2D eigenvalue weighted by Gasteiger charge is 2.27. The lowest BCUT2D eigenvalue weighted by molar-refractivity contribution is -0.128. The van der Waals surface area contributed by atoms with E-state index in [1.54, 1.807) is 53.1 Å². The Morgan fingerprint density at radius 1 is 1.05 bits per heavy atom. The summed E-state index contributed by atoms with van der Waals surface area (Å²) in [5, 5.41) is 0.692. The van der Waals surface area contributed by atoms with Crippen LogP contribution in [0, 0.1) is 0 Å². The van der Waals surface area contributed by atoms with Crippen molar-refractivity contribution in [1.29, 1.82) is 0 Å². The van der Waals surface area contributed by atoms with Crippen LogP contribution in [0.15, 0.2) is 88.2 Å². The Bertz CT molecular complexity index is 1640. The van der Waals surface area contributed by atoms with Crippen LogP contribution in [-0.4, -0.2) is 82.1 Å². The van der Waals surface area contributed by atoms with E-state index in [0.717, 1.165) is 0 Å². The SMILES string of the molecule is C=N/C(=C\C(=C/C)C(=O)N1CCN(C(=O)c2ccc(NS(=O)(=O)c3cccc4cccnc34)c(OC)c2)CC1)OC. The van der Waals surface area contributed by atoms with Crippen LogP contribution in [-0.2, 0) is 19.6 Å².